The first-order chi connectivity index (χ1) is 26.3. The van der Waals surface area contributed by atoms with E-state index in [0.29, 0.717) is 32.5 Å². The van der Waals surface area contributed by atoms with Crippen LogP contribution in [-0.2, 0) is 24.8 Å². The van der Waals surface area contributed by atoms with E-state index >= 15 is 8.78 Å². The highest BCUT2D eigenvalue weighted by molar-refractivity contribution is 7.92. The number of alkyl halides is 1. The Balaban J connectivity index is 1.02. The monoisotopic (exact) mass is 785 g/mol. The number of sulfone groups is 1. The molecule has 2 amide bonds. The van der Waals surface area contributed by atoms with Crippen molar-refractivity contribution in [1.29, 1.82) is 0 Å². The number of ether oxygens (including phenoxy) is 1. The van der Waals surface area contributed by atoms with Crippen molar-refractivity contribution in [2.24, 2.45) is 11.8 Å². The van der Waals surface area contributed by atoms with E-state index in [-0.39, 0.29) is 66.4 Å². The van der Waals surface area contributed by atoms with Crippen LogP contribution in [0.2, 0.25) is 0 Å². The van der Waals surface area contributed by atoms with Gasteiger partial charge in [0.25, 0.3) is 0 Å². The summed E-state index contributed by atoms with van der Waals surface area (Å²) in [5.41, 5.74) is -0.863. The van der Waals surface area contributed by atoms with Crippen molar-refractivity contribution in [3.05, 3.63) is 72.3 Å². The molecular weight excluding hydrogens is 732 g/mol. The molecule has 0 bridgehead atoms. The number of rotatable bonds is 12. The van der Waals surface area contributed by atoms with E-state index in [2.05, 4.69) is 21.7 Å². The Labute approximate surface area is 323 Å². The van der Waals surface area contributed by atoms with Crippen LogP contribution in [0.25, 0.3) is 0 Å². The Kier molecular flexibility index (Phi) is 11.6. The summed E-state index contributed by atoms with van der Waals surface area (Å²) in [5.74, 6) is -1.08. The number of amides is 2. The lowest BCUT2D eigenvalue weighted by atomic mass is 9.57. The molecule has 7 rings (SSSR count). The average molecular weight is 786 g/mol. The molecule has 4 saturated heterocycles. The van der Waals surface area contributed by atoms with Gasteiger partial charge in [0, 0.05) is 37.6 Å². The molecular formula is C41H54F3N5O5S. The van der Waals surface area contributed by atoms with Crippen LogP contribution in [0.15, 0.2) is 60.0 Å². The number of anilines is 1. The molecule has 55 heavy (non-hydrogen) atoms. The molecule has 2 aromatic rings. The van der Waals surface area contributed by atoms with Crippen LogP contribution in [-0.4, -0.2) is 125 Å². The van der Waals surface area contributed by atoms with Crippen LogP contribution in [0.3, 0.4) is 0 Å². The number of hydrogen-bond donors (Lipinski definition) is 1. The van der Waals surface area contributed by atoms with E-state index in [4.69, 9.17) is 4.74 Å². The number of alkyl carbamates (subject to hydrolysis) is 1. The number of carbonyl (C=O) groups excluding carboxylic acids is 2. The van der Waals surface area contributed by atoms with Gasteiger partial charge in [-0.2, -0.15) is 0 Å². The number of benzene rings is 2. The third-order valence-corrected chi connectivity index (χ3v) is 15.3. The molecule has 1 saturated carbocycles. The third-order valence-electron chi connectivity index (χ3n) is 13.1. The molecule has 0 aromatic heterocycles. The van der Waals surface area contributed by atoms with Gasteiger partial charge in [-0.25, -0.2) is 26.4 Å². The van der Waals surface area contributed by atoms with E-state index < -0.39 is 38.1 Å². The first-order valence-electron chi connectivity index (χ1n) is 19.8. The van der Waals surface area contributed by atoms with Crippen molar-refractivity contribution in [2.45, 2.75) is 78.6 Å². The van der Waals surface area contributed by atoms with Crippen LogP contribution in [0.4, 0.5) is 23.7 Å². The van der Waals surface area contributed by atoms with Gasteiger partial charge >= 0.3 is 6.09 Å². The Bertz CT molecular complexity index is 1850. The Morgan fingerprint density at radius 3 is 2.38 bits per heavy atom. The molecule has 10 nitrogen and oxygen atoms in total. The number of methoxy groups -OCH3 is 1. The summed E-state index contributed by atoms with van der Waals surface area (Å²) >= 11 is 0. The summed E-state index contributed by atoms with van der Waals surface area (Å²) in [5, 5.41) is 2.28. The molecule has 300 valence electrons. The van der Waals surface area contributed by atoms with Gasteiger partial charge in [-0.3, -0.25) is 9.69 Å². The predicted molar refractivity (Wildman–Crippen MR) is 204 cm³/mol. The van der Waals surface area contributed by atoms with Crippen LogP contribution >= 0.6 is 0 Å². The minimum absolute atomic E-state index is 0.0116. The van der Waals surface area contributed by atoms with Crippen molar-refractivity contribution in [3.8, 4) is 0 Å². The number of carbonyl (C=O) groups is 2. The summed E-state index contributed by atoms with van der Waals surface area (Å²) in [6.45, 7) is 8.20. The highest BCUT2D eigenvalue weighted by atomic mass is 32.2. The second kappa shape index (κ2) is 16.1. The van der Waals surface area contributed by atoms with Gasteiger partial charge in [-0.15, -0.1) is 0 Å². The molecule has 1 aliphatic carbocycles. The van der Waals surface area contributed by atoms with Crippen LogP contribution in [0.5, 0.6) is 0 Å². The number of halogens is 3. The summed E-state index contributed by atoms with van der Waals surface area (Å²) in [6, 6.07) is 10.7. The summed E-state index contributed by atoms with van der Waals surface area (Å²) < 4.78 is 78.6. The van der Waals surface area contributed by atoms with E-state index in [1.165, 1.54) is 36.3 Å². The first-order valence-corrected chi connectivity index (χ1v) is 21.3. The van der Waals surface area contributed by atoms with Crippen molar-refractivity contribution < 1.29 is 35.9 Å². The number of likely N-dealkylation sites (tertiary alicyclic amines) is 3. The van der Waals surface area contributed by atoms with Crippen molar-refractivity contribution >= 4 is 27.5 Å². The molecule has 0 radical (unpaired) electrons. The van der Waals surface area contributed by atoms with Gasteiger partial charge in [0.15, 0.2) is 15.5 Å². The molecule has 4 atom stereocenters. The van der Waals surface area contributed by atoms with Gasteiger partial charge in [-0.1, -0.05) is 25.1 Å². The molecule has 4 heterocycles. The number of piperidine rings is 2. The van der Waals surface area contributed by atoms with Crippen LogP contribution in [0.1, 0.15) is 56.9 Å². The number of hydrogen-bond acceptors (Lipinski definition) is 8. The lowest BCUT2D eigenvalue weighted by Crippen LogP contribution is -2.65. The largest absolute Gasteiger partial charge is 0.453 e. The smallest absolute Gasteiger partial charge is 0.407 e. The van der Waals surface area contributed by atoms with Crippen LogP contribution in [0, 0.1) is 23.5 Å². The molecule has 2 aromatic carbocycles. The first kappa shape index (κ1) is 39.6. The fraction of sp³-hybridized carbons (Fsp3) is 0.610. The Morgan fingerprint density at radius 1 is 0.964 bits per heavy atom. The normalized spacial score (nSPS) is 26.1. The zero-order chi connectivity index (χ0) is 39.0. The second-order valence-electron chi connectivity index (χ2n) is 16.4. The lowest BCUT2D eigenvalue weighted by Gasteiger charge is -2.54. The zero-order valence-corrected chi connectivity index (χ0v) is 32.6. The fourth-order valence-electron chi connectivity index (χ4n) is 10.3. The number of nitrogens with one attached hydrogen (secondary N) is 1. The van der Waals surface area contributed by atoms with Gasteiger partial charge in [0.1, 0.15) is 11.6 Å². The van der Waals surface area contributed by atoms with Gasteiger partial charge in [-0.05, 0) is 125 Å². The summed E-state index contributed by atoms with van der Waals surface area (Å²) in [6.07, 6.45) is 6.98. The predicted octanol–water partition coefficient (Wildman–Crippen LogP) is 5.32. The molecule has 5 fully saturated rings. The highest BCUT2D eigenvalue weighted by Gasteiger charge is 2.54. The third kappa shape index (κ3) is 8.00. The highest BCUT2D eigenvalue weighted by Crippen LogP contribution is 2.52. The zero-order valence-electron chi connectivity index (χ0n) is 31.7. The van der Waals surface area contributed by atoms with Crippen molar-refractivity contribution in [2.75, 3.05) is 77.5 Å². The fourth-order valence-corrected chi connectivity index (χ4v) is 12.1. The molecule has 14 heteroatoms. The Hall–Kier alpha value is -3.62. The standard InChI is InChI=1S/C41H54F3N5O5S/c1-3-38(50)48-19-6-10-33(24-48)55(52,53)32-13-14-37(35(43)23-32)49-26-40(44,27-49)25-47-20-15-29(16-21-47)41(28-46-17-7-18-46,30-8-4-9-31(42)22-30)34-11-5-12-36(34)45-39(51)54-2/h3-4,8-9,13-14,22-23,29,33-34,36H,1,5-7,10-12,15-21,24-28H2,2H3,(H,45,51)/t33-,34+,36+,41+/m1/s1. The quantitative estimate of drug-likeness (QED) is 0.289. The van der Waals surface area contributed by atoms with Crippen LogP contribution < -0.4 is 10.2 Å². The molecule has 5 aliphatic rings. The molecule has 4 aliphatic heterocycles. The van der Waals surface area contributed by atoms with Gasteiger partial charge in [0.2, 0.25) is 5.91 Å². The van der Waals surface area contributed by atoms with Crippen molar-refractivity contribution in [1.82, 2.24) is 20.0 Å². The maximum Gasteiger partial charge on any atom is 0.407 e. The summed E-state index contributed by atoms with van der Waals surface area (Å²) in [7, 11) is -2.53. The van der Waals surface area contributed by atoms with Gasteiger partial charge < -0.3 is 24.8 Å². The minimum Gasteiger partial charge on any atom is -0.453 e. The average Bonchev–Trinajstić information content (AvgIpc) is 3.61. The van der Waals surface area contributed by atoms with E-state index in [0.717, 1.165) is 69.8 Å². The van der Waals surface area contributed by atoms with Crippen molar-refractivity contribution in [3.63, 3.8) is 0 Å². The number of nitrogens with zero attached hydrogens (tertiary/aromatic N) is 4. The Morgan fingerprint density at radius 2 is 1.73 bits per heavy atom. The summed E-state index contributed by atoms with van der Waals surface area (Å²) in [4.78, 5) is 32.1. The van der Waals surface area contributed by atoms with Gasteiger partial charge in [0.05, 0.1) is 36.0 Å². The molecule has 1 N–H and O–H groups in total. The maximum atomic E-state index is 16.3. The van der Waals surface area contributed by atoms with E-state index in [1.807, 2.05) is 6.07 Å². The lowest BCUT2D eigenvalue weighted by molar-refractivity contribution is -0.126. The minimum atomic E-state index is -3.90. The molecule has 0 spiro atoms. The molecule has 0 unspecified atom stereocenters. The SMILES string of the molecule is C=CC(=O)N1CCC[C@@H](S(=O)(=O)c2ccc(N3CC(F)(CN4CCC([C@@](CN5CCC5)(c5cccc(F)c5)[C@H]5CCC[C@@H]5NC(=O)OC)CC4)C3)c(F)c2)C1. The second-order valence-corrected chi connectivity index (χ2v) is 18.7. The maximum absolute atomic E-state index is 16.3. The van der Waals surface area contributed by atoms with E-state index in [1.54, 1.807) is 17.0 Å². The topological polar surface area (TPSA) is 103 Å². The van der Waals surface area contributed by atoms with E-state index in [9.17, 15) is 22.4 Å².